The van der Waals surface area contributed by atoms with E-state index in [1.165, 1.54) is 24.3 Å². The molecule has 5 nitrogen and oxygen atoms in total. The van der Waals surface area contributed by atoms with Gasteiger partial charge in [0.05, 0.1) is 5.02 Å². The molecule has 0 fully saturated rings. The molecule has 0 bridgehead atoms. The Morgan fingerprint density at radius 3 is 2.37 bits per heavy atom. The van der Waals surface area contributed by atoms with E-state index in [4.69, 9.17) is 16.3 Å². The molecule has 3 aromatic carbocycles. The number of aryl methyl sites for hydroxylation is 1. The van der Waals surface area contributed by atoms with Crippen LogP contribution in [0.1, 0.15) is 22.8 Å². The molecular formula is C23H20ClFN2O3. The standard InChI is InChI=1S/C23H20ClFN2O3/c1-14-6-9-19(10-7-14)30-15(2)22(28)26-17-5-3-4-16(12-17)23(29)27-18-8-11-21(25)20(24)13-18/h3-13,15H,1-2H3,(H,26,28)(H,27,29). The summed E-state index contributed by atoms with van der Waals surface area (Å²) in [5.41, 5.74) is 2.22. The zero-order valence-electron chi connectivity index (χ0n) is 16.4. The lowest BCUT2D eigenvalue weighted by molar-refractivity contribution is -0.122. The number of halogens is 2. The summed E-state index contributed by atoms with van der Waals surface area (Å²) in [6.45, 7) is 3.61. The highest BCUT2D eigenvalue weighted by Crippen LogP contribution is 2.21. The van der Waals surface area contributed by atoms with Gasteiger partial charge in [-0.15, -0.1) is 0 Å². The Labute approximate surface area is 178 Å². The molecule has 2 N–H and O–H groups in total. The molecule has 0 aliphatic carbocycles. The van der Waals surface area contributed by atoms with Crippen molar-refractivity contribution in [1.29, 1.82) is 0 Å². The fraction of sp³-hybridized carbons (Fsp3) is 0.130. The van der Waals surface area contributed by atoms with Crippen molar-refractivity contribution in [3.8, 4) is 5.75 Å². The van der Waals surface area contributed by atoms with Crippen LogP contribution in [0.3, 0.4) is 0 Å². The third kappa shape index (κ3) is 5.58. The van der Waals surface area contributed by atoms with E-state index in [0.717, 1.165) is 5.56 Å². The molecule has 0 heterocycles. The number of carbonyl (C=O) groups excluding carboxylic acids is 2. The second-order valence-electron chi connectivity index (χ2n) is 6.73. The van der Waals surface area contributed by atoms with Gasteiger partial charge < -0.3 is 15.4 Å². The number of amides is 2. The number of anilines is 2. The van der Waals surface area contributed by atoms with Crippen LogP contribution in [0.25, 0.3) is 0 Å². The van der Waals surface area contributed by atoms with E-state index >= 15 is 0 Å². The van der Waals surface area contributed by atoms with Crippen molar-refractivity contribution in [2.24, 2.45) is 0 Å². The van der Waals surface area contributed by atoms with Crippen molar-refractivity contribution in [3.63, 3.8) is 0 Å². The first kappa shape index (κ1) is 21.3. The Morgan fingerprint density at radius 1 is 0.967 bits per heavy atom. The van der Waals surface area contributed by atoms with Gasteiger partial charge in [-0.25, -0.2) is 4.39 Å². The largest absolute Gasteiger partial charge is 0.481 e. The molecule has 3 aromatic rings. The van der Waals surface area contributed by atoms with Gasteiger partial charge >= 0.3 is 0 Å². The van der Waals surface area contributed by atoms with E-state index < -0.39 is 17.8 Å². The lowest BCUT2D eigenvalue weighted by atomic mass is 10.1. The quantitative estimate of drug-likeness (QED) is 0.551. The number of ether oxygens (including phenoxy) is 1. The molecule has 30 heavy (non-hydrogen) atoms. The highest BCUT2D eigenvalue weighted by Gasteiger charge is 2.16. The van der Waals surface area contributed by atoms with Gasteiger partial charge in [0.15, 0.2) is 6.10 Å². The van der Waals surface area contributed by atoms with Crippen molar-refractivity contribution in [2.75, 3.05) is 10.6 Å². The first-order valence-electron chi connectivity index (χ1n) is 9.22. The van der Waals surface area contributed by atoms with E-state index in [2.05, 4.69) is 10.6 Å². The Hall–Kier alpha value is -3.38. The van der Waals surface area contributed by atoms with Crippen molar-refractivity contribution in [3.05, 3.63) is 88.7 Å². The molecule has 0 aliphatic heterocycles. The van der Waals surface area contributed by atoms with Crippen molar-refractivity contribution in [1.82, 2.24) is 0 Å². The molecule has 0 spiro atoms. The van der Waals surface area contributed by atoms with Gasteiger partial charge in [0.2, 0.25) is 0 Å². The third-order valence-corrected chi connectivity index (χ3v) is 4.56. The molecular weight excluding hydrogens is 407 g/mol. The van der Waals surface area contributed by atoms with Crippen LogP contribution in [-0.2, 0) is 4.79 Å². The van der Waals surface area contributed by atoms with E-state index in [1.807, 2.05) is 19.1 Å². The number of nitrogens with one attached hydrogen (secondary N) is 2. The van der Waals surface area contributed by atoms with Gasteiger partial charge in [-0.3, -0.25) is 9.59 Å². The SMILES string of the molecule is Cc1ccc(OC(C)C(=O)Nc2cccc(C(=O)Nc3ccc(F)c(Cl)c3)c2)cc1. The average Bonchev–Trinajstić information content (AvgIpc) is 2.72. The maximum absolute atomic E-state index is 13.3. The first-order chi connectivity index (χ1) is 14.3. The van der Waals surface area contributed by atoms with Gasteiger partial charge in [0, 0.05) is 16.9 Å². The minimum Gasteiger partial charge on any atom is -0.481 e. The minimum absolute atomic E-state index is 0.0867. The highest BCUT2D eigenvalue weighted by atomic mass is 35.5. The molecule has 1 atom stereocenters. The molecule has 0 saturated heterocycles. The first-order valence-corrected chi connectivity index (χ1v) is 9.60. The van der Waals surface area contributed by atoms with Gasteiger partial charge in [-0.2, -0.15) is 0 Å². The smallest absolute Gasteiger partial charge is 0.265 e. The van der Waals surface area contributed by atoms with Gasteiger partial charge in [0.1, 0.15) is 11.6 Å². The average molecular weight is 427 g/mol. The van der Waals surface area contributed by atoms with Crippen LogP contribution in [0.4, 0.5) is 15.8 Å². The van der Waals surface area contributed by atoms with Crippen LogP contribution >= 0.6 is 11.6 Å². The molecule has 0 aliphatic rings. The summed E-state index contributed by atoms with van der Waals surface area (Å²) in [4.78, 5) is 24.9. The lowest BCUT2D eigenvalue weighted by Gasteiger charge is -2.15. The Kier molecular flexibility index (Phi) is 6.69. The summed E-state index contributed by atoms with van der Waals surface area (Å²) in [5, 5.41) is 5.29. The van der Waals surface area contributed by atoms with Crippen LogP contribution in [0.2, 0.25) is 5.02 Å². The van der Waals surface area contributed by atoms with Crippen LogP contribution in [0.5, 0.6) is 5.75 Å². The normalized spacial score (nSPS) is 11.5. The Balaban J connectivity index is 1.63. The maximum atomic E-state index is 13.3. The number of hydrogen-bond donors (Lipinski definition) is 2. The second-order valence-corrected chi connectivity index (χ2v) is 7.13. The molecule has 2 amide bonds. The molecule has 7 heteroatoms. The fourth-order valence-corrected chi connectivity index (χ4v) is 2.81. The van der Waals surface area contributed by atoms with Crippen molar-refractivity contribution < 1.29 is 18.7 Å². The van der Waals surface area contributed by atoms with E-state index in [9.17, 15) is 14.0 Å². The summed E-state index contributed by atoms with van der Waals surface area (Å²) in [5.74, 6) is -0.744. The van der Waals surface area contributed by atoms with Crippen LogP contribution < -0.4 is 15.4 Å². The molecule has 154 valence electrons. The number of hydrogen-bond acceptors (Lipinski definition) is 3. The number of carbonyl (C=O) groups is 2. The van der Waals surface area contributed by atoms with Gasteiger partial charge in [-0.05, 0) is 62.4 Å². The van der Waals surface area contributed by atoms with Gasteiger partial charge in [0.25, 0.3) is 11.8 Å². The molecule has 0 saturated carbocycles. The topological polar surface area (TPSA) is 67.4 Å². The van der Waals surface area contributed by atoms with Crippen LogP contribution in [0.15, 0.2) is 66.7 Å². The van der Waals surface area contributed by atoms with Crippen LogP contribution in [-0.4, -0.2) is 17.9 Å². The zero-order valence-corrected chi connectivity index (χ0v) is 17.2. The lowest BCUT2D eigenvalue weighted by Crippen LogP contribution is -2.30. The summed E-state index contributed by atoms with van der Waals surface area (Å²) >= 11 is 5.74. The molecule has 3 rings (SSSR count). The molecule has 0 aromatic heterocycles. The molecule has 0 radical (unpaired) electrons. The maximum Gasteiger partial charge on any atom is 0.265 e. The summed E-state index contributed by atoms with van der Waals surface area (Å²) in [6, 6.07) is 17.8. The third-order valence-electron chi connectivity index (χ3n) is 4.27. The predicted octanol–water partition coefficient (Wildman–Crippen LogP) is 5.45. The summed E-state index contributed by atoms with van der Waals surface area (Å²) in [6.07, 6.45) is -0.730. The van der Waals surface area contributed by atoms with Crippen molar-refractivity contribution >= 4 is 34.8 Å². The van der Waals surface area contributed by atoms with Crippen LogP contribution in [0, 0.1) is 12.7 Å². The highest BCUT2D eigenvalue weighted by molar-refractivity contribution is 6.31. The number of benzene rings is 3. The predicted molar refractivity (Wildman–Crippen MR) is 116 cm³/mol. The van der Waals surface area contributed by atoms with Crippen molar-refractivity contribution in [2.45, 2.75) is 20.0 Å². The Morgan fingerprint density at radius 2 is 1.67 bits per heavy atom. The Bertz CT molecular complexity index is 1070. The van der Waals surface area contributed by atoms with E-state index in [1.54, 1.807) is 37.3 Å². The fourth-order valence-electron chi connectivity index (χ4n) is 2.63. The van der Waals surface area contributed by atoms with E-state index in [0.29, 0.717) is 22.7 Å². The second kappa shape index (κ2) is 9.41. The minimum atomic E-state index is -0.730. The number of rotatable bonds is 6. The van der Waals surface area contributed by atoms with E-state index in [-0.39, 0.29) is 10.9 Å². The summed E-state index contributed by atoms with van der Waals surface area (Å²) in [7, 11) is 0. The molecule has 1 unspecified atom stereocenters. The summed E-state index contributed by atoms with van der Waals surface area (Å²) < 4.78 is 18.9. The monoisotopic (exact) mass is 426 g/mol. The zero-order chi connectivity index (χ0) is 21.7. The van der Waals surface area contributed by atoms with Gasteiger partial charge in [-0.1, -0.05) is 35.4 Å².